The maximum atomic E-state index is 12.6. The molecular formula is C19H28N2OS. The van der Waals surface area contributed by atoms with Crippen LogP contribution in [0.2, 0.25) is 0 Å². The molecule has 3 aliphatic rings. The first-order chi connectivity index (χ1) is 11.2. The number of carbonyl (C=O) groups is 1. The fourth-order valence-corrected chi connectivity index (χ4v) is 5.42. The molecule has 4 heteroatoms. The maximum Gasteiger partial charge on any atom is 0.234 e. The summed E-state index contributed by atoms with van der Waals surface area (Å²) in [7, 11) is 0. The number of fused-ring (bicyclic) bond motifs is 1. The molecular weight excluding hydrogens is 304 g/mol. The van der Waals surface area contributed by atoms with Crippen LogP contribution in [0.15, 0.2) is 11.4 Å². The van der Waals surface area contributed by atoms with Crippen molar-refractivity contribution in [3.05, 3.63) is 21.9 Å². The number of carbonyl (C=O) groups excluding carboxylic acids is 1. The maximum absolute atomic E-state index is 12.6. The predicted octanol–water partition coefficient (Wildman–Crippen LogP) is 3.75. The topological polar surface area (TPSA) is 32.3 Å². The van der Waals surface area contributed by atoms with Crippen molar-refractivity contribution in [2.24, 2.45) is 11.8 Å². The Balaban J connectivity index is 1.40. The number of hydrogen-bond acceptors (Lipinski definition) is 3. The Morgan fingerprint density at radius 2 is 2.13 bits per heavy atom. The third-order valence-electron chi connectivity index (χ3n) is 5.99. The average Bonchev–Trinajstić information content (AvgIpc) is 3.26. The van der Waals surface area contributed by atoms with Crippen molar-refractivity contribution >= 4 is 17.2 Å². The summed E-state index contributed by atoms with van der Waals surface area (Å²) in [5, 5.41) is 5.57. The minimum absolute atomic E-state index is 0.244. The molecule has 0 spiro atoms. The Hall–Kier alpha value is -0.870. The van der Waals surface area contributed by atoms with Crippen molar-refractivity contribution in [1.29, 1.82) is 0 Å². The van der Waals surface area contributed by atoms with Gasteiger partial charge in [0.1, 0.15) is 0 Å². The molecule has 1 amide bonds. The van der Waals surface area contributed by atoms with E-state index in [-0.39, 0.29) is 5.91 Å². The number of thiophene rings is 1. The zero-order valence-electron chi connectivity index (χ0n) is 14.1. The molecule has 0 bridgehead atoms. The average molecular weight is 333 g/mol. The fourth-order valence-electron chi connectivity index (χ4n) is 4.51. The fraction of sp³-hybridized carbons (Fsp3) is 0.737. The number of nitrogens with zero attached hydrogens (tertiary/aromatic N) is 1. The van der Waals surface area contributed by atoms with Gasteiger partial charge in [0.2, 0.25) is 5.91 Å². The summed E-state index contributed by atoms with van der Waals surface area (Å²) in [5.41, 5.74) is 1.52. The van der Waals surface area contributed by atoms with E-state index in [2.05, 4.69) is 28.6 Å². The van der Waals surface area contributed by atoms with Crippen LogP contribution in [0.4, 0.5) is 0 Å². The number of nitrogens with one attached hydrogen (secondary N) is 1. The molecule has 1 aliphatic heterocycles. The van der Waals surface area contributed by atoms with E-state index in [1.165, 1.54) is 37.7 Å². The van der Waals surface area contributed by atoms with Crippen molar-refractivity contribution in [1.82, 2.24) is 10.2 Å². The van der Waals surface area contributed by atoms with E-state index in [0.717, 1.165) is 25.3 Å². The van der Waals surface area contributed by atoms with Gasteiger partial charge in [-0.2, -0.15) is 0 Å². The van der Waals surface area contributed by atoms with Crippen LogP contribution in [0.5, 0.6) is 0 Å². The van der Waals surface area contributed by atoms with E-state index in [0.29, 0.717) is 24.5 Å². The lowest BCUT2D eigenvalue weighted by molar-refractivity contribution is -0.124. The van der Waals surface area contributed by atoms with Crippen molar-refractivity contribution in [2.45, 2.75) is 64.0 Å². The minimum Gasteiger partial charge on any atom is -0.352 e. The summed E-state index contributed by atoms with van der Waals surface area (Å²) in [6, 6.07) is 3.20. The van der Waals surface area contributed by atoms with E-state index in [1.807, 2.05) is 11.3 Å². The first-order valence-electron chi connectivity index (χ1n) is 9.32. The second-order valence-electron chi connectivity index (χ2n) is 7.74. The summed E-state index contributed by atoms with van der Waals surface area (Å²) >= 11 is 1.90. The smallest absolute Gasteiger partial charge is 0.234 e. The van der Waals surface area contributed by atoms with Crippen LogP contribution in [-0.2, 0) is 11.2 Å². The summed E-state index contributed by atoms with van der Waals surface area (Å²) < 4.78 is 0. The lowest BCUT2D eigenvalue weighted by atomic mass is 9.86. The molecule has 4 rings (SSSR count). The highest BCUT2D eigenvalue weighted by Gasteiger charge is 2.40. The van der Waals surface area contributed by atoms with Gasteiger partial charge in [0, 0.05) is 23.5 Å². The van der Waals surface area contributed by atoms with E-state index >= 15 is 0 Å². The largest absolute Gasteiger partial charge is 0.352 e. The van der Waals surface area contributed by atoms with Gasteiger partial charge in [0.05, 0.1) is 6.54 Å². The van der Waals surface area contributed by atoms with Crippen molar-refractivity contribution in [3.8, 4) is 0 Å². The summed E-state index contributed by atoms with van der Waals surface area (Å²) in [6.07, 6.45) is 8.79. The lowest BCUT2D eigenvalue weighted by Gasteiger charge is -2.36. The molecule has 1 aromatic rings. The molecule has 126 valence electrons. The number of rotatable bonds is 4. The predicted molar refractivity (Wildman–Crippen MR) is 94.6 cm³/mol. The third kappa shape index (κ3) is 3.34. The van der Waals surface area contributed by atoms with Gasteiger partial charge in [-0.15, -0.1) is 11.3 Å². The zero-order chi connectivity index (χ0) is 15.8. The molecule has 0 radical (unpaired) electrons. The van der Waals surface area contributed by atoms with Gasteiger partial charge in [-0.1, -0.05) is 19.8 Å². The van der Waals surface area contributed by atoms with Gasteiger partial charge in [-0.25, -0.2) is 0 Å². The van der Waals surface area contributed by atoms with Crippen molar-refractivity contribution in [2.75, 3.05) is 13.1 Å². The molecule has 0 saturated heterocycles. The number of hydrogen-bond donors (Lipinski definition) is 1. The Morgan fingerprint density at radius 3 is 2.91 bits per heavy atom. The molecule has 3 nitrogen and oxygen atoms in total. The highest BCUT2D eigenvalue weighted by atomic mass is 32.1. The second-order valence-corrected chi connectivity index (χ2v) is 8.74. The highest BCUT2D eigenvalue weighted by Crippen LogP contribution is 2.48. The Kier molecular flexibility index (Phi) is 4.46. The van der Waals surface area contributed by atoms with Crippen LogP contribution in [-0.4, -0.2) is 29.9 Å². The molecule has 2 heterocycles. The van der Waals surface area contributed by atoms with E-state index < -0.39 is 0 Å². The second kappa shape index (κ2) is 6.56. The lowest BCUT2D eigenvalue weighted by Crippen LogP contribution is -2.47. The van der Waals surface area contributed by atoms with Gasteiger partial charge in [0.15, 0.2) is 0 Å². The Morgan fingerprint density at radius 1 is 1.30 bits per heavy atom. The monoisotopic (exact) mass is 332 g/mol. The van der Waals surface area contributed by atoms with Gasteiger partial charge >= 0.3 is 0 Å². The van der Waals surface area contributed by atoms with E-state index in [1.54, 1.807) is 4.88 Å². The zero-order valence-corrected chi connectivity index (χ0v) is 14.9. The van der Waals surface area contributed by atoms with Crippen molar-refractivity contribution < 1.29 is 4.79 Å². The van der Waals surface area contributed by atoms with E-state index in [9.17, 15) is 4.79 Å². The van der Waals surface area contributed by atoms with Gasteiger partial charge in [-0.3, -0.25) is 9.69 Å². The molecule has 1 N–H and O–H groups in total. The Labute approximate surface area is 143 Å². The van der Waals surface area contributed by atoms with Crippen molar-refractivity contribution in [3.63, 3.8) is 0 Å². The minimum atomic E-state index is 0.244. The first-order valence-corrected chi connectivity index (χ1v) is 10.2. The van der Waals surface area contributed by atoms with Crippen LogP contribution < -0.4 is 5.32 Å². The first kappa shape index (κ1) is 15.6. The highest BCUT2D eigenvalue weighted by molar-refractivity contribution is 7.10. The number of amides is 1. The Bertz CT molecular complexity index is 565. The molecule has 1 aromatic heterocycles. The summed E-state index contributed by atoms with van der Waals surface area (Å²) in [4.78, 5) is 16.6. The summed E-state index contributed by atoms with van der Waals surface area (Å²) in [5.74, 6) is 1.66. The van der Waals surface area contributed by atoms with Gasteiger partial charge < -0.3 is 5.32 Å². The van der Waals surface area contributed by atoms with Gasteiger partial charge in [0.25, 0.3) is 0 Å². The van der Waals surface area contributed by atoms with Crippen LogP contribution >= 0.6 is 11.3 Å². The van der Waals surface area contributed by atoms with Crippen LogP contribution in [0.1, 0.15) is 61.9 Å². The summed E-state index contributed by atoms with van der Waals surface area (Å²) in [6.45, 7) is 3.91. The van der Waals surface area contributed by atoms with E-state index in [4.69, 9.17) is 0 Å². The third-order valence-corrected chi connectivity index (χ3v) is 6.99. The molecule has 2 saturated carbocycles. The normalized spacial score (nSPS) is 31.6. The SMILES string of the molecule is C[C@@H]1CCCC[C@H]1NC(=O)CN1CCc2sccc2[C@@H]1C1CC1. The van der Waals surface area contributed by atoms with Crippen LogP contribution in [0.25, 0.3) is 0 Å². The molecule has 2 fully saturated rings. The van der Waals surface area contributed by atoms with Crippen LogP contribution in [0.3, 0.4) is 0 Å². The molecule has 0 unspecified atom stereocenters. The van der Waals surface area contributed by atoms with Gasteiger partial charge in [-0.05, 0) is 60.9 Å². The molecule has 23 heavy (non-hydrogen) atoms. The van der Waals surface area contributed by atoms with Crippen LogP contribution in [0, 0.1) is 11.8 Å². The standard InChI is InChI=1S/C19H28N2OS/c1-13-4-2-3-5-16(13)20-18(22)12-21-10-8-17-15(9-11-23-17)19(21)14-6-7-14/h9,11,13-14,16,19H,2-8,10,12H2,1H3,(H,20,22)/t13-,16-,19+/m1/s1. The molecule has 2 aliphatic carbocycles. The quantitative estimate of drug-likeness (QED) is 0.911. The molecule has 0 aromatic carbocycles. The molecule has 3 atom stereocenters.